The Morgan fingerprint density at radius 2 is 2.17 bits per heavy atom. The van der Waals surface area contributed by atoms with E-state index in [4.69, 9.17) is 9.47 Å². The monoisotopic (exact) mass is 332 g/mol. The zero-order valence-electron chi connectivity index (χ0n) is 14.6. The van der Waals surface area contributed by atoms with Crippen LogP contribution in [-0.4, -0.2) is 63.4 Å². The van der Waals surface area contributed by atoms with Gasteiger partial charge in [0.2, 0.25) is 0 Å². The Balaban J connectivity index is 1.41. The maximum Gasteiger partial charge on any atom is 0.191 e. The number of nitrogens with one attached hydrogen (secondary N) is 2. The number of aliphatic imine (C=N–C) groups is 1. The molecule has 2 unspecified atom stereocenters. The Morgan fingerprint density at radius 3 is 2.92 bits per heavy atom. The van der Waals surface area contributed by atoms with Crippen molar-refractivity contribution in [1.29, 1.82) is 0 Å². The van der Waals surface area contributed by atoms with Crippen molar-refractivity contribution in [2.45, 2.75) is 31.5 Å². The van der Waals surface area contributed by atoms with Crippen LogP contribution < -0.4 is 15.4 Å². The predicted octanol–water partition coefficient (Wildman–Crippen LogP) is 1.22. The first-order valence-electron chi connectivity index (χ1n) is 8.71. The number of fused-ring (bicyclic) bond motifs is 1. The molecule has 6 heteroatoms. The van der Waals surface area contributed by atoms with E-state index >= 15 is 0 Å². The van der Waals surface area contributed by atoms with E-state index in [9.17, 15) is 0 Å². The third-order valence-electron chi connectivity index (χ3n) is 4.80. The molecule has 132 valence electrons. The van der Waals surface area contributed by atoms with E-state index < -0.39 is 0 Å². The summed E-state index contributed by atoms with van der Waals surface area (Å²) in [5.41, 5.74) is 1.19. The van der Waals surface area contributed by atoms with Gasteiger partial charge in [0, 0.05) is 32.7 Å². The molecule has 6 nitrogen and oxygen atoms in total. The second-order valence-electron chi connectivity index (χ2n) is 6.40. The molecule has 0 bridgehead atoms. The Labute approximate surface area is 144 Å². The van der Waals surface area contributed by atoms with Gasteiger partial charge in [-0.25, -0.2) is 0 Å². The van der Waals surface area contributed by atoms with Crippen LogP contribution in [-0.2, 0) is 11.3 Å². The highest BCUT2D eigenvalue weighted by atomic mass is 16.5. The average molecular weight is 332 g/mol. The minimum atomic E-state index is 0.235. The van der Waals surface area contributed by atoms with Crippen LogP contribution in [0, 0.1) is 0 Å². The topological polar surface area (TPSA) is 58.1 Å². The fourth-order valence-electron chi connectivity index (χ4n) is 3.37. The van der Waals surface area contributed by atoms with Gasteiger partial charge in [-0.15, -0.1) is 0 Å². The largest absolute Gasteiger partial charge is 0.497 e. The minimum Gasteiger partial charge on any atom is -0.497 e. The fraction of sp³-hybridized carbons (Fsp3) is 0.611. The number of benzene rings is 1. The van der Waals surface area contributed by atoms with Gasteiger partial charge in [0.05, 0.1) is 19.8 Å². The second kappa shape index (κ2) is 8.35. The quantitative estimate of drug-likeness (QED) is 0.627. The van der Waals surface area contributed by atoms with Gasteiger partial charge in [-0.3, -0.25) is 9.89 Å². The minimum absolute atomic E-state index is 0.235. The van der Waals surface area contributed by atoms with Gasteiger partial charge in [0.1, 0.15) is 5.75 Å². The van der Waals surface area contributed by atoms with Crippen LogP contribution in [0.15, 0.2) is 29.3 Å². The zero-order valence-corrected chi connectivity index (χ0v) is 14.6. The van der Waals surface area contributed by atoms with E-state index in [0.29, 0.717) is 6.04 Å². The molecule has 2 aliphatic rings. The average Bonchev–Trinajstić information content (AvgIpc) is 3.10. The number of guanidine groups is 1. The summed E-state index contributed by atoms with van der Waals surface area (Å²) < 4.78 is 11.2. The predicted molar refractivity (Wildman–Crippen MR) is 95.5 cm³/mol. The molecule has 2 N–H and O–H groups in total. The van der Waals surface area contributed by atoms with Crippen molar-refractivity contribution in [3.8, 4) is 5.75 Å². The highest BCUT2D eigenvalue weighted by Crippen LogP contribution is 2.22. The number of morpholine rings is 1. The van der Waals surface area contributed by atoms with Crippen molar-refractivity contribution < 1.29 is 9.47 Å². The Kier molecular flexibility index (Phi) is 5.93. The lowest BCUT2D eigenvalue weighted by molar-refractivity contribution is -0.0453. The first kappa shape index (κ1) is 17.0. The van der Waals surface area contributed by atoms with E-state index in [1.54, 1.807) is 14.2 Å². The highest BCUT2D eigenvalue weighted by Gasteiger charge is 2.32. The van der Waals surface area contributed by atoms with Gasteiger partial charge in [0.25, 0.3) is 0 Å². The third-order valence-corrected chi connectivity index (χ3v) is 4.80. The second-order valence-corrected chi connectivity index (χ2v) is 6.40. The normalized spacial score (nSPS) is 24.5. The van der Waals surface area contributed by atoms with Crippen molar-refractivity contribution in [2.75, 3.05) is 40.4 Å². The summed E-state index contributed by atoms with van der Waals surface area (Å²) in [6, 6.07) is 8.69. The maximum atomic E-state index is 5.97. The van der Waals surface area contributed by atoms with Crippen LogP contribution in [0.25, 0.3) is 0 Å². The van der Waals surface area contributed by atoms with E-state index in [2.05, 4.69) is 32.7 Å². The fourth-order valence-corrected chi connectivity index (χ4v) is 3.37. The van der Waals surface area contributed by atoms with Gasteiger partial charge in [-0.05, 0) is 37.1 Å². The number of hydrogen-bond acceptors (Lipinski definition) is 4. The Bertz CT molecular complexity index is 546. The Hall–Kier alpha value is -1.79. The SMILES string of the molecule is CN=C(NCc1ccc(OC)cc1)NCC1CN2CCCC2CO1. The van der Waals surface area contributed by atoms with Crippen LogP contribution in [0.4, 0.5) is 0 Å². The molecular formula is C18H28N4O2. The maximum absolute atomic E-state index is 5.97. The summed E-state index contributed by atoms with van der Waals surface area (Å²) in [6.45, 7) is 4.61. The van der Waals surface area contributed by atoms with Crippen LogP contribution in [0.1, 0.15) is 18.4 Å². The summed E-state index contributed by atoms with van der Waals surface area (Å²) in [6.07, 6.45) is 2.82. The van der Waals surface area contributed by atoms with Crippen molar-refractivity contribution in [3.05, 3.63) is 29.8 Å². The molecule has 2 atom stereocenters. The number of nitrogens with zero attached hydrogens (tertiary/aromatic N) is 2. The van der Waals surface area contributed by atoms with E-state index in [1.807, 2.05) is 12.1 Å². The molecule has 0 saturated carbocycles. The molecular weight excluding hydrogens is 304 g/mol. The molecule has 2 heterocycles. The number of hydrogen-bond donors (Lipinski definition) is 2. The standard InChI is InChI=1S/C18H28N4O2/c1-19-18(20-10-14-5-7-16(23-2)8-6-14)21-11-17-12-22-9-3-4-15(22)13-24-17/h5-8,15,17H,3-4,9-13H2,1-2H3,(H2,19,20,21). The summed E-state index contributed by atoms with van der Waals surface area (Å²) >= 11 is 0. The lowest BCUT2D eigenvalue weighted by Crippen LogP contribution is -2.51. The first-order chi connectivity index (χ1) is 11.8. The summed E-state index contributed by atoms with van der Waals surface area (Å²) in [5.74, 6) is 1.67. The molecule has 1 aromatic carbocycles. The molecule has 0 amide bonds. The van der Waals surface area contributed by atoms with Crippen molar-refractivity contribution in [3.63, 3.8) is 0 Å². The number of rotatable bonds is 5. The molecule has 0 aliphatic carbocycles. The molecule has 0 spiro atoms. The van der Waals surface area contributed by atoms with Gasteiger partial charge in [0.15, 0.2) is 5.96 Å². The molecule has 0 radical (unpaired) electrons. The van der Waals surface area contributed by atoms with Crippen LogP contribution >= 0.6 is 0 Å². The molecule has 2 aliphatic heterocycles. The summed E-state index contributed by atoms with van der Waals surface area (Å²) in [4.78, 5) is 6.85. The van der Waals surface area contributed by atoms with E-state index in [1.165, 1.54) is 24.9 Å². The van der Waals surface area contributed by atoms with E-state index in [-0.39, 0.29) is 6.10 Å². The summed E-state index contributed by atoms with van der Waals surface area (Å²) in [7, 11) is 3.47. The molecule has 0 aromatic heterocycles. The third kappa shape index (κ3) is 4.39. The van der Waals surface area contributed by atoms with Gasteiger partial charge in [-0.1, -0.05) is 12.1 Å². The van der Waals surface area contributed by atoms with Crippen LogP contribution in [0.5, 0.6) is 5.75 Å². The smallest absolute Gasteiger partial charge is 0.191 e. The molecule has 3 rings (SSSR count). The number of ether oxygens (including phenoxy) is 2. The lowest BCUT2D eigenvalue weighted by atomic mass is 10.2. The van der Waals surface area contributed by atoms with Crippen LogP contribution in [0.3, 0.4) is 0 Å². The first-order valence-corrected chi connectivity index (χ1v) is 8.71. The van der Waals surface area contributed by atoms with Gasteiger partial charge < -0.3 is 20.1 Å². The zero-order chi connectivity index (χ0) is 16.8. The van der Waals surface area contributed by atoms with E-state index in [0.717, 1.165) is 38.0 Å². The molecule has 2 saturated heterocycles. The lowest BCUT2D eigenvalue weighted by Gasteiger charge is -2.35. The van der Waals surface area contributed by atoms with Crippen LogP contribution in [0.2, 0.25) is 0 Å². The van der Waals surface area contributed by atoms with Crippen molar-refractivity contribution in [2.24, 2.45) is 4.99 Å². The van der Waals surface area contributed by atoms with Gasteiger partial charge >= 0.3 is 0 Å². The number of methoxy groups -OCH3 is 1. The molecule has 2 fully saturated rings. The highest BCUT2D eigenvalue weighted by molar-refractivity contribution is 5.79. The van der Waals surface area contributed by atoms with Gasteiger partial charge in [-0.2, -0.15) is 0 Å². The molecule has 1 aromatic rings. The summed E-state index contributed by atoms with van der Waals surface area (Å²) in [5, 5.41) is 6.71. The molecule has 24 heavy (non-hydrogen) atoms. The van der Waals surface area contributed by atoms with Crippen molar-refractivity contribution >= 4 is 5.96 Å². The Morgan fingerprint density at radius 1 is 1.33 bits per heavy atom. The van der Waals surface area contributed by atoms with Crippen molar-refractivity contribution in [1.82, 2.24) is 15.5 Å².